The van der Waals surface area contributed by atoms with Gasteiger partial charge < -0.3 is 9.47 Å². The summed E-state index contributed by atoms with van der Waals surface area (Å²) >= 11 is 0. The van der Waals surface area contributed by atoms with E-state index >= 15 is 0 Å². The second kappa shape index (κ2) is 3.24. The lowest BCUT2D eigenvalue weighted by molar-refractivity contribution is 0.0793. The molecule has 0 radical (unpaired) electrons. The minimum absolute atomic E-state index is 0.179. The third-order valence-corrected chi connectivity index (χ3v) is 2.47. The number of amides is 1. The van der Waals surface area contributed by atoms with E-state index in [1.807, 2.05) is 35.0 Å². The molecule has 0 bridgehead atoms. The molecule has 2 rings (SSSR count). The predicted octanol–water partition coefficient (Wildman–Crippen LogP) is 1.26. The molecule has 1 saturated heterocycles. The van der Waals surface area contributed by atoms with Crippen LogP contribution in [0.2, 0.25) is 0 Å². The SMILES string of the molecule is Cn1ccc(C(=O)N2CCCC2)c1. The summed E-state index contributed by atoms with van der Waals surface area (Å²) in [5.41, 5.74) is 0.810. The summed E-state index contributed by atoms with van der Waals surface area (Å²) in [5.74, 6) is 0.179. The van der Waals surface area contributed by atoms with E-state index in [4.69, 9.17) is 0 Å². The van der Waals surface area contributed by atoms with Crippen LogP contribution in [0.15, 0.2) is 18.5 Å². The molecule has 1 aromatic rings. The van der Waals surface area contributed by atoms with E-state index in [9.17, 15) is 4.79 Å². The summed E-state index contributed by atoms with van der Waals surface area (Å²) in [4.78, 5) is 13.7. The molecule has 13 heavy (non-hydrogen) atoms. The Morgan fingerprint density at radius 1 is 1.38 bits per heavy atom. The monoisotopic (exact) mass is 178 g/mol. The van der Waals surface area contributed by atoms with Crippen LogP contribution in [0.25, 0.3) is 0 Å². The molecule has 1 fully saturated rings. The zero-order valence-electron chi connectivity index (χ0n) is 7.86. The number of hydrogen-bond donors (Lipinski definition) is 0. The summed E-state index contributed by atoms with van der Waals surface area (Å²) in [6.07, 6.45) is 6.08. The standard InChI is InChI=1S/C10H14N2O/c1-11-7-4-9(8-11)10(13)12-5-2-3-6-12/h4,7-8H,2-3,5-6H2,1H3. The molecule has 1 aromatic heterocycles. The van der Waals surface area contributed by atoms with Crippen LogP contribution in [0, 0.1) is 0 Å². The maximum atomic E-state index is 11.8. The van der Waals surface area contributed by atoms with Gasteiger partial charge >= 0.3 is 0 Å². The van der Waals surface area contributed by atoms with E-state index < -0.39 is 0 Å². The summed E-state index contributed by atoms with van der Waals surface area (Å²) in [5, 5.41) is 0. The smallest absolute Gasteiger partial charge is 0.255 e. The normalized spacial score (nSPS) is 16.5. The van der Waals surface area contributed by atoms with Crippen LogP contribution in [0.5, 0.6) is 0 Å². The molecule has 0 spiro atoms. The van der Waals surface area contributed by atoms with E-state index in [0.29, 0.717) is 0 Å². The Kier molecular flexibility index (Phi) is 2.08. The van der Waals surface area contributed by atoms with Gasteiger partial charge in [-0.15, -0.1) is 0 Å². The van der Waals surface area contributed by atoms with Crippen LogP contribution in [0.4, 0.5) is 0 Å². The fourth-order valence-corrected chi connectivity index (χ4v) is 1.73. The van der Waals surface area contributed by atoms with Crippen molar-refractivity contribution in [3.05, 3.63) is 24.0 Å². The highest BCUT2D eigenvalue weighted by molar-refractivity contribution is 5.94. The highest BCUT2D eigenvalue weighted by Crippen LogP contribution is 2.12. The van der Waals surface area contributed by atoms with Gasteiger partial charge in [-0.05, 0) is 18.9 Å². The topological polar surface area (TPSA) is 25.2 Å². The Labute approximate surface area is 78.0 Å². The maximum absolute atomic E-state index is 11.8. The van der Waals surface area contributed by atoms with Gasteiger partial charge in [0.25, 0.3) is 5.91 Å². The van der Waals surface area contributed by atoms with E-state index in [2.05, 4.69) is 0 Å². The van der Waals surface area contributed by atoms with Gasteiger partial charge in [0.1, 0.15) is 0 Å². The van der Waals surface area contributed by atoms with Crippen molar-refractivity contribution < 1.29 is 4.79 Å². The first kappa shape index (κ1) is 8.35. The van der Waals surface area contributed by atoms with Gasteiger partial charge in [0.15, 0.2) is 0 Å². The lowest BCUT2D eigenvalue weighted by atomic mass is 10.3. The van der Waals surface area contributed by atoms with Crippen LogP contribution in [-0.2, 0) is 7.05 Å². The third-order valence-electron chi connectivity index (χ3n) is 2.47. The van der Waals surface area contributed by atoms with Crippen molar-refractivity contribution in [2.75, 3.05) is 13.1 Å². The van der Waals surface area contributed by atoms with Crippen molar-refractivity contribution in [2.24, 2.45) is 7.05 Å². The average Bonchev–Trinajstić information content (AvgIpc) is 2.72. The van der Waals surface area contributed by atoms with E-state index in [1.165, 1.54) is 0 Å². The zero-order chi connectivity index (χ0) is 9.26. The minimum atomic E-state index is 0.179. The summed E-state index contributed by atoms with van der Waals surface area (Å²) in [6.45, 7) is 1.85. The second-order valence-corrected chi connectivity index (χ2v) is 3.56. The summed E-state index contributed by atoms with van der Waals surface area (Å²) < 4.78 is 1.91. The molecule has 0 atom stereocenters. The molecule has 0 aliphatic carbocycles. The van der Waals surface area contributed by atoms with Crippen LogP contribution >= 0.6 is 0 Å². The fourth-order valence-electron chi connectivity index (χ4n) is 1.73. The lowest BCUT2D eigenvalue weighted by Gasteiger charge is -2.13. The number of carbonyl (C=O) groups is 1. The van der Waals surface area contributed by atoms with Crippen molar-refractivity contribution in [1.29, 1.82) is 0 Å². The average molecular weight is 178 g/mol. The van der Waals surface area contributed by atoms with Crippen LogP contribution in [0.3, 0.4) is 0 Å². The van der Waals surface area contributed by atoms with Crippen molar-refractivity contribution >= 4 is 5.91 Å². The molecule has 1 amide bonds. The Balaban J connectivity index is 2.12. The van der Waals surface area contributed by atoms with Crippen LogP contribution < -0.4 is 0 Å². The van der Waals surface area contributed by atoms with Crippen molar-refractivity contribution in [2.45, 2.75) is 12.8 Å². The quantitative estimate of drug-likeness (QED) is 0.635. The molecular weight excluding hydrogens is 164 g/mol. The Morgan fingerprint density at radius 3 is 2.62 bits per heavy atom. The highest BCUT2D eigenvalue weighted by atomic mass is 16.2. The van der Waals surface area contributed by atoms with Gasteiger partial charge in [-0.1, -0.05) is 0 Å². The molecule has 2 heterocycles. The molecular formula is C10H14N2O. The van der Waals surface area contributed by atoms with Crippen molar-refractivity contribution in [3.8, 4) is 0 Å². The van der Waals surface area contributed by atoms with E-state index in [0.717, 1.165) is 31.5 Å². The number of aromatic nitrogens is 1. The van der Waals surface area contributed by atoms with Crippen molar-refractivity contribution in [1.82, 2.24) is 9.47 Å². The largest absolute Gasteiger partial charge is 0.356 e. The summed E-state index contributed by atoms with van der Waals surface area (Å²) in [6, 6.07) is 1.88. The maximum Gasteiger partial charge on any atom is 0.255 e. The number of nitrogens with zero attached hydrogens (tertiary/aromatic N) is 2. The van der Waals surface area contributed by atoms with Gasteiger partial charge in [0, 0.05) is 32.5 Å². The van der Waals surface area contributed by atoms with Crippen LogP contribution in [0.1, 0.15) is 23.2 Å². The Hall–Kier alpha value is -1.25. The molecule has 1 aliphatic rings. The first-order chi connectivity index (χ1) is 6.27. The molecule has 0 N–H and O–H groups in total. The van der Waals surface area contributed by atoms with Gasteiger partial charge in [-0.3, -0.25) is 4.79 Å². The first-order valence-electron chi connectivity index (χ1n) is 4.68. The Bertz CT molecular complexity index is 310. The summed E-state index contributed by atoms with van der Waals surface area (Å²) in [7, 11) is 1.93. The second-order valence-electron chi connectivity index (χ2n) is 3.56. The molecule has 0 saturated carbocycles. The lowest BCUT2D eigenvalue weighted by Crippen LogP contribution is -2.27. The van der Waals surface area contributed by atoms with E-state index in [1.54, 1.807) is 0 Å². The number of likely N-dealkylation sites (tertiary alicyclic amines) is 1. The van der Waals surface area contributed by atoms with E-state index in [-0.39, 0.29) is 5.91 Å². The zero-order valence-corrected chi connectivity index (χ0v) is 7.86. The van der Waals surface area contributed by atoms with Gasteiger partial charge in [-0.25, -0.2) is 0 Å². The molecule has 3 heteroatoms. The fraction of sp³-hybridized carbons (Fsp3) is 0.500. The Morgan fingerprint density at radius 2 is 2.08 bits per heavy atom. The molecule has 1 aliphatic heterocycles. The highest BCUT2D eigenvalue weighted by Gasteiger charge is 2.19. The van der Waals surface area contributed by atoms with Gasteiger partial charge in [0.05, 0.1) is 5.56 Å². The van der Waals surface area contributed by atoms with Crippen LogP contribution in [-0.4, -0.2) is 28.5 Å². The molecule has 70 valence electrons. The minimum Gasteiger partial charge on any atom is -0.356 e. The molecule has 0 aromatic carbocycles. The number of aryl methyl sites for hydroxylation is 1. The number of hydrogen-bond acceptors (Lipinski definition) is 1. The van der Waals surface area contributed by atoms with Gasteiger partial charge in [-0.2, -0.15) is 0 Å². The predicted molar refractivity (Wildman–Crippen MR) is 50.6 cm³/mol. The number of carbonyl (C=O) groups excluding carboxylic acids is 1. The van der Waals surface area contributed by atoms with Crippen molar-refractivity contribution in [3.63, 3.8) is 0 Å². The number of rotatable bonds is 1. The third kappa shape index (κ3) is 1.59. The molecule has 3 nitrogen and oxygen atoms in total. The molecule has 0 unspecified atom stereocenters. The van der Waals surface area contributed by atoms with Gasteiger partial charge in [0.2, 0.25) is 0 Å². The first-order valence-corrected chi connectivity index (χ1v) is 4.68.